The van der Waals surface area contributed by atoms with Gasteiger partial charge in [-0.2, -0.15) is 0 Å². The van der Waals surface area contributed by atoms with Gasteiger partial charge in [0.15, 0.2) is 0 Å². The van der Waals surface area contributed by atoms with Crippen molar-refractivity contribution in [1.82, 2.24) is 5.32 Å². The molecule has 1 atom stereocenters. The molecule has 0 aliphatic carbocycles. The Morgan fingerprint density at radius 1 is 1.29 bits per heavy atom. The Morgan fingerprint density at radius 3 is 2.46 bits per heavy atom. The molecule has 1 aromatic rings. The number of carbonyl (C=O) groups excluding carboxylic acids is 1. The maximum Gasteiger partial charge on any atom is 0.220 e. The topological polar surface area (TPSA) is 73.6 Å². The van der Waals surface area contributed by atoms with Gasteiger partial charge in [-0.3, -0.25) is 4.79 Å². The van der Waals surface area contributed by atoms with Crippen molar-refractivity contribution in [2.24, 2.45) is 11.7 Å². The molecule has 0 heterocycles. The molecule has 0 saturated heterocycles. The lowest BCUT2D eigenvalue weighted by Gasteiger charge is -2.31. The SMILES string of the molecule is COc1ccc(OC)c(CCC(=O)NC(C)(CN)CC(C)C)c1.Cl. The van der Waals surface area contributed by atoms with Gasteiger partial charge >= 0.3 is 0 Å². The van der Waals surface area contributed by atoms with Gasteiger partial charge in [0.2, 0.25) is 5.91 Å². The van der Waals surface area contributed by atoms with Crippen LogP contribution in [0, 0.1) is 5.92 Å². The minimum Gasteiger partial charge on any atom is -0.497 e. The maximum absolute atomic E-state index is 12.3. The van der Waals surface area contributed by atoms with E-state index in [0.717, 1.165) is 23.5 Å². The molecule has 1 unspecified atom stereocenters. The zero-order valence-electron chi connectivity index (χ0n) is 15.3. The number of ether oxygens (including phenoxy) is 2. The van der Waals surface area contributed by atoms with Crippen molar-refractivity contribution in [3.8, 4) is 11.5 Å². The molecule has 0 fully saturated rings. The number of amides is 1. The highest BCUT2D eigenvalue weighted by Crippen LogP contribution is 2.25. The van der Waals surface area contributed by atoms with Gasteiger partial charge in [0.05, 0.1) is 14.2 Å². The number of halogens is 1. The first kappa shape index (κ1) is 22.5. The first-order valence-corrected chi connectivity index (χ1v) is 8.05. The molecule has 138 valence electrons. The summed E-state index contributed by atoms with van der Waals surface area (Å²) in [6.07, 6.45) is 1.84. The van der Waals surface area contributed by atoms with Gasteiger partial charge in [-0.05, 0) is 49.4 Å². The molecule has 6 heteroatoms. The fourth-order valence-corrected chi connectivity index (χ4v) is 2.81. The second-order valence-electron chi connectivity index (χ2n) is 6.59. The summed E-state index contributed by atoms with van der Waals surface area (Å²) >= 11 is 0. The number of hydrogen-bond donors (Lipinski definition) is 2. The highest BCUT2D eigenvalue weighted by Gasteiger charge is 2.25. The van der Waals surface area contributed by atoms with E-state index in [2.05, 4.69) is 19.2 Å². The summed E-state index contributed by atoms with van der Waals surface area (Å²) in [5.41, 5.74) is 6.44. The predicted octanol–water partition coefficient (Wildman–Crippen LogP) is 2.94. The molecule has 0 radical (unpaired) electrons. The molecule has 0 spiro atoms. The number of nitrogens with one attached hydrogen (secondary N) is 1. The Bertz CT molecular complexity index is 523. The van der Waals surface area contributed by atoms with E-state index >= 15 is 0 Å². The monoisotopic (exact) mass is 358 g/mol. The lowest BCUT2D eigenvalue weighted by Crippen LogP contribution is -2.52. The molecule has 3 N–H and O–H groups in total. The van der Waals surface area contributed by atoms with E-state index in [1.807, 2.05) is 25.1 Å². The molecule has 0 saturated carbocycles. The average molecular weight is 359 g/mol. The Labute approximate surface area is 151 Å². The number of carbonyl (C=O) groups is 1. The Balaban J connectivity index is 0.00000529. The van der Waals surface area contributed by atoms with E-state index in [1.54, 1.807) is 14.2 Å². The second-order valence-corrected chi connectivity index (χ2v) is 6.59. The van der Waals surface area contributed by atoms with E-state index in [4.69, 9.17) is 15.2 Å². The van der Waals surface area contributed by atoms with Crippen LogP contribution in [-0.4, -0.2) is 32.2 Å². The largest absolute Gasteiger partial charge is 0.497 e. The van der Waals surface area contributed by atoms with Crippen LogP contribution in [0.5, 0.6) is 11.5 Å². The average Bonchev–Trinajstić information content (AvgIpc) is 2.51. The quantitative estimate of drug-likeness (QED) is 0.711. The molecule has 0 aromatic heterocycles. The van der Waals surface area contributed by atoms with Crippen LogP contribution >= 0.6 is 12.4 Å². The fraction of sp³-hybridized carbons (Fsp3) is 0.611. The van der Waals surface area contributed by atoms with Gasteiger partial charge in [-0.1, -0.05) is 13.8 Å². The van der Waals surface area contributed by atoms with Crippen LogP contribution in [0.25, 0.3) is 0 Å². The molecule has 1 rings (SSSR count). The van der Waals surface area contributed by atoms with E-state index in [1.165, 1.54) is 0 Å². The molecular weight excluding hydrogens is 328 g/mol. The van der Waals surface area contributed by atoms with Crippen LogP contribution in [-0.2, 0) is 11.2 Å². The van der Waals surface area contributed by atoms with E-state index in [-0.39, 0.29) is 23.9 Å². The zero-order valence-corrected chi connectivity index (χ0v) is 16.2. The van der Waals surface area contributed by atoms with Crippen molar-refractivity contribution in [3.05, 3.63) is 23.8 Å². The Kier molecular flexibility index (Phi) is 9.78. The van der Waals surface area contributed by atoms with Crippen LogP contribution in [0.3, 0.4) is 0 Å². The smallest absolute Gasteiger partial charge is 0.220 e. The van der Waals surface area contributed by atoms with Crippen molar-refractivity contribution >= 4 is 18.3 Å². The Morgan fingerprint density at radius 2 is 1.96 bits per heavy atom. The van der Waals surface area contributed by atoms with E-state index in [9.17, 15) is 4.79 Å². The van der Waals surface area contributed by atoms with E-state index in [0.29, 0.717) is 25.3 Å². The van der Waals surface area contributed by atoms with Crippen molar-refractivity contribution < 1.29 is 14.3 Å². The summed E-state index contributed by atoms with van der Waals surface area (Å²) in [6.45, 7) is 6.68. The molecular formula is C18H31ClN2O3. The lowest BCUT2D eigenvalue weighted by molar-refractivity contribution is -0.122. The molecule has 0 bridgehead atoms. The third kappa shape index (κ3) is 6.97. The number of benzene rings is 1. The summed E-state index contributed by atoms with van der Waals surface area (Å²) in [6, 6.07) is 5.60. The second kappa shape index (κ2) is 10.4. The van der Waals surface area contributed by atoms with Gasteiger partial charge in [0, 0.05) is 18.5 Å². The normalized spacial score (nSPS) is 13.0. The van der Waals surface area contributed by atoms with Gasteiger partial charge in [-0.25, -0.2) is 0 Å². The predicted molar refractivity (Wildman–Crippen MR) is 100 cm³/mol. The summed E-state index contributed by atoms with van der Waals surface area (Å²) in [5.74, 6) is 2.00. The molecule has 1 amide bonds. The third-order valence-electron chi connectivity index (χ3n) is 3.86. The molecule has 0 aliphatic heterocycles. The van der Waals surface area contributed by atoms with Gasteiger partial charge in [0.1, 0.15) is 11.5 Å². The number of aryl methyl sites for hydroxylation is 1. The molecule has 24 heavy (non-hydrogen) atoms. The van der Waals surface area contributed by atoms with Crippen LogP contribution in [0.4, 0.5) is 0 Å². The zero-order chi connectivity index (χ0) is 17.5. The number of nitrogens with two attached hydrogens (primary N) is 1. The van der Waals surface area contributed by atoms with Crippen LogP contribution < -0.4 is 20.5 Å². The van der Waals surface area contributed by atoms with Gasteiger partial charge < -0.3 is 20.5 Å². The van der Waals surface area contributed by atoms with Crippen molar-refractivity contribution in [2.45, 2.75) is 45.6 Å². The minimum absolute atomic E-state index is 0. The number of rotatable bonds is 9. The molecule has 1 aromatic carbocycles. The standard InChI is InChI=1S/C18H30N2O3.ClH/c1-13(2)11-18(3,12-19)20-17(21)9-6-14-10-15(22-4)7-8-16(14)23-5;/h7-8,10,13H,6,9,11-12,19H2,1-5H3,(H,20,21);1H. The van der Waals surface area contributed by atoms with Crippen molar-refractivity contribution in [1.29, 1.82) is 0 Å². The lowest BCUT2D eigenvalue weighted by atomic mass is 9.90. The Hall–Kier alpha value is -1.46. The van der Waals surface area contributed by atoms with Crippen molar-refractivity contribution in [2.75, 3.05) is 20.8 Å². The minimum atomic E-state index is -0.357. The van der Waals surface area contributed by atoms with Crippen molar-refractivity contribution in [3.63, 3.8) is 0 Å². The summed E-state index contributed by atoms with van der Waals surface area (Å²) in [5, 5.41) is 3.07. The van der Waals surface area contributed by atoms with E-state index < -0.39 is 0 Å². The number of methoxy groups -OCH3 is 2. The maximum atomic E-state index is 12.3. The van der Waals surface area contributed by atoms with Gasteiger partial charge in [-0.15, -0.1) is 12.4 Å². The first-order valence-electron chi connectivity index (χ1n) is 8.05. The summed E-state index contributed by atoms with van der Waals surface area (Å²) in [4.78, 5) is 12.3. The van der Waals surface area contributed by atoms with Gasteiger partial charge in [0.25, 0.3) is 0 Å². The van der Waals surface area contributed by atoms with Crippen LogP contribution in [0.1, 0.15) is 39.2 Å². The fourth-order valence-electron chi connectivity index (χ4n) is 2.81. The number of hydrogen-bond acceptors (Lipinski definition) is 4. The van der Waals surface area contributed by atoms with Crippen LogP contribution in [0.15, 0.2) is 18.2 Å². The molecule has 5 nitrogen and oxygen atoms in total. The highest BCUT2D eigenvalue weighted by molar-refractivity contribution is 5.85. The third-order valence-corrected chi connectivity index (χ3v) is 3.86. The highest BCUT2D eigenvalue weighted by atomic mass is 35.5. The summed E-state index contributed by atoms with van der Waals surface area (Å²) in [7, 11) is 3.25. The van der Waals surface area contributed by atoms with Crippen LogP contribution in [0.2, 0.25) is 0 Å². The first-order chi connectivity index (χ1) is 10.8. The molecule has 0 aliphatic rings. The summed E-state index contributed by atoms with van der Waals surface area (Å²) < 4.78 is 10.6.